The fourth-order valence-electron chi connectivity index (χ4n) is 2.22. The summed E-state index contributed by atoms with van der Waals surface area (Å²) >= 11 is 1.64. The minimum atomic E-state index is 0.0144. The van der Waals surface area contributed by atoms with Crippen molar-refractivity contribution in [3.05, 3.63) is 21.8 Å². The third-order valence-corrected chi connectivity index (χ3v) is 4.41. The maximum Gasteiger partial charge on any atom is 0.110 e. The van der Waals surface area contributed by atoms with Crippen molar-refractivity contribution in [3.8, 4) is 11.3 Å². The molecule has 104 valence electrons. The molecule has 1 atom stereocenters. The van der Waals surface area contributed by atoms with Crippen molar-refractivity contribution in [2.24, 2.45) is 11.7 Å². The first-order valence-corrected chi connectivity index (χ1v) is 7.59. The van der Waals surface area contributed by atoms with Gasteiger partial charge >= 0.3 is 0 Å². The Hall–Kier alpha value is -1.20. The van der Waals surface area contributed by atoms with E-state index in [2.05, 4.69) is 38.2 Å². The standard InChI is InChI=1S/C14H22N4S/c1-6-18-10(5)12(9(4)17-18)11-7-19-14(16-11)13(15)8(2)3/h7-8,13H,6,15H2,1-5H3. The molecule has 2 rings (SSSR count). The molecule has 0 amide bonds. The molecule has 2 N–H and O–H groups in total. The van der Waals surface area contributed by atoms with Crippen LogP contribution in [0, 0.1) is 19.8 Å². The summed E-state index contributed by atoms with van der Waals surface area (Å²) in [5.74, 6) is 0.402. The van der Waals surface area contributed by atoms with Crippen molar-refractivity contribution >= 4 is 11.3 Å². The minimum Gasteiger partial charge on any atom is -0.322 e. The van der Waals surface area contributed by atoms with Crippen LogP contribution in [-0.4, -0.2) is 14.8 Å². The molecule has 0 aliphatic carbocycles. The van der Waals surface area contributed by atoms with Crippen LogP contribution in [0.4, 0.5) is 0 Å². The van der Waals surface area contributed by atoms with Crippen LogP contribution < -0.4 is 5.73 Å². The first kappa shape index (κ1) is 14.2. The van der Waals surface area contributed by atoms with Crippen LogP contribution in [0.1, 0.15) is 43.2 Å². The van der Waals surface area contributed by atoms with Crippen LogP contribution in [0.25, 0.3) is 11.3 Å². The Labute approximate surface area is 118 Å². The van der Waals surface area contributed by atoms with Gasteiger partial charge in [0.25, 0.3) is 0 Å². The van der Waals surface area contributed by atoms with Crippen molar-refractivity contribution in [2.75, 3.05) is 0 Å². The van der Waals surface area contributed by atoms with Gasteiger partial charge in [0.15, 0.2) is 0 Å². The summed E-state index contributed by atoms with van der Waals surface area (Å²) < 4.78 is 2.02. The lowest BCUT2D eigenvalue weighted by molar-refractivity contribution is 0.512. The quantitative estimate of drug-likeness (QED) is 0.933. The Kier molecular flexibility index (Phi) is 4.06. The molecule has 0 saturated carbocycles. The van der Waals surface area contributed by atoms with Crippen LogP contribution in [0.5, 0.6) is 0 Å². The Balaban J connectivity index is 2.41. The summed E-state index contributed by atoms with van der Waals surface area (Å²) in [6.07, 6.45) is 0. The van der Waals surface area contributed by atoms with Crippen LogP contribution in [0.15, 0.2) is 5.38 Å². The Bertz CT molecular complexity index is 568. The maximum atomic E-state index is 6.16. The molecular formula is C14H22N4S. The molecule has 2 heterocycles. The molecule has 0 bridgehead atoms. The van der Waals surface area contributed by atoms with Gasteiger partial charge in [0.2, 0.25) is 0 Å². The largest absolute Gasteiger partial charge is 0.322 e. The monoisotopic (exact) mass is 278 g/mol. The number of thiazole rings is 1. The van der Waals surface area contributed by atoms with Gasteiger partial charge in [0, 0.05) is 23.2 Å². The first-order chi connectivity index (χ1) is 8.95. The second-order valence-electron chi connectivity index (χ2n) is 5.20. The maximum absolute atomic E-state index is 6.16. The van der Waals surface area contributed by atoms with E-state index in [1.807, 2.05) is 11.6 Å². The zero-order chi connectivity index (χ0) is 14.2. The minimum absolute atomic E-state index is 0.0144. The summed E-state index contributed by atoms with van der Waals surface area (Å²) in [6.45, 7) is 11.4. The van der Waals surface area contributed by atoms with Crippen molar-refractivity contribution in [2.45, 2.75) is 47.2 Å². The number of aromatic nitrogens is 3. The topological polar surface area (TPSA) is 56.7 Å². The van der Waals surface area contributed by atoms with Crippen LogP contribution in [-0.2, 0) is 6.54 Å². The summed E-state index contributed by atoms with van der Waals surface area (Å²) in [6, 6.07) is 0.0144. The van der Waals surface area contributed by atoms with Crippen LogP contribution >= 0.6 is 11.3 Å². The fourth-order valence-corrected chi connectivity index (χ4v) is 3.20. The SMILES string of the molecule is CCn1nc(C)c(-c2csc(C(N)C(C)C)n2)c1C. The van der Waals surface area contributed by atoms with Gasteiger partial charge in [0.1, 0.15) is 5.01 Å². The van der Waals surface area contributed by atoms with Gasteiger partial charge in [0.05, 0.1) is 17.4 Å². The first-order valence-electron chi connectivity index (χ1n) is 6.71. The van der Waals surface area contributed by atoms with Gasteiger partial charge in [-0.2, -0.15) is 5.10 Å². The van der Waals surface area contributed by atoms with Crippen molar-refractivity contribution in [1.29, 1.82) is 0 Å². The van der Waals surface area contributed by atoms with Gasteiger partial charge in [-0.15, -0.1) is 11.3 Å². The molecular weight excluding hydrogens is 256 g/mol. The molecule has 0 saturated heterocycles. The molecule has 0 spiro atoms. The average Bonchev–Trinajstić information content (AvgIpc) is 2.93. The predicted octanol–water partition coefficient (Wildman–Crippen LogP) is 3.30. The Morgan fingerprint density at radius 2 is 2.05 bits per heavy atom. The highest BCUT2D eigenvalue weighted by Gasteiger charge is 2.19. The van der Waals surface area contributed by atoms with E-state index < -0.39 is 0 Å². The van der Waals surface area contributed by atoms with E-state index >= 15 is 0 Å². The highest BCUT2D eigenvalue weighted by molar-refractivity contribution is 7.10. The fraction of sp³-hybridized carbons (Fsp3) is 0.571. The molecule has 5 heteroatoms. The molecule has 0 aliphatic heterocycles. The van der Waals surface area contributed by atoms with Gasteiger partial charge in [-0.25, -0.2) is 4.98 Å². The lowest BCUT2D eigenvalue weighted by atomic mass is 10.1. The van der Waals surface area contributed by atoms with Gasteiger partial charge in [-0.05, 0) is 26.7 Å². The van der Waals surface area contributed by atoms with Gasteiger partial charge < -0.3 is 5.73 Å². The third-order valence-electron chi connectivity index (χ3n) is 3.46. The number of aryl methyl sites for hydroxylation is 2. The Morgan fingerprint density at radius 1 is 1.37 bits per heavy atom. The van der Waals surface area contributed by atoms with Crippen molar-refractivity contribution < 1.29 is 0 Å². The summed E-state index contributed by atoms with van der Waals surface area (Å²) in [5, 5.41) is 7.64. The zero-order valence-corrected chi connectivity index (χ0v) is 13.1. The van der Waals surface area contributed by atoms with Crippen molar-refractivity contribution in [1.82, 2.24) is 14.8 Å². The molecule has 19 heavy (non-hydrogen) atoms. The second-order valence-corrected chi connectivity index (χ2v) is 6.09. The van der Waals surface area contributed by atoms with Crippen LogP contribution in [0.3, 0.4) is 0 Å². The smallest absolute Gasteiger partial charge is 0.110 e. The molecule has 0 fully saturated rings. The highest BCUT2D eigenvalue weighted by Crippen LogP contribution is 2.31. The average molecular weight is 278 g/mol. The van der Waals surface area contributed by atoms with E-state index in [9.17, 15) is 0 Å². The lowest BCUT2D eigenvalue weighted by Crippen LogP contribution is -2.16. The molecule has 2 aromatic rings. The second kappa shape index (κ2) is 5.43. The number of rotatable bonds is 4. The molecule has 0 aromatic carbocycles. The number of hydrogen-bond donors (Lipinski definition) is 1. The molecule has 2 aromatic heterocycles. The predicted molar refractivity (Wildman–Crippen MR) is 80.2 cm³/mol. The van der Waals surface area contributed by atoms with Crippen molar-refractivity contribution in [3.63, 3.8) is 0 Å². The number of nitrogens with zero attached hydrogens (tertiary/aromatic N) is 3. The molecule has 0 radical (unpaired) electrons. The Morgan fingerprint density at radius 3 is 2.58 bits per heavy atom. The lowest BCUT2D eigenvalue weighted by Gasteiger charge is -2.11. The van der Waals surface area contributed by atoms with E-state index in [4.69, 9.17) is 10.7 Å². The third kappa shape index (κ3) is 2.58. The highest BCUT2D eigenvalue weighted by atomic mass is 32.1. The summed E-state index contributed by atoms with van der Waals surface area (Å²) in [5.41, 5.74) is 10.5. The van der Waals surface area contributed by atoms with E-state index in [0.29, 0.717) is 5.92 Å². The number of nitrogens with two attached hydrogens (primary N) is 1. The zero-order valence-electron chi connectivity index (χ0n) is 12.3. The van der Waals surface area contributed by atoms with Crippen LogP contribution in [0.2, 0.25) is 0 Å². The molecule has 4 nitrogen and oxygen atoms in total. The summed E-state index contributed by atoms with van der Waals surface area (Å²) in [7, 11) is 0. The summed E-state index contributed by atoms with van der Waals surface area (Å²) in [4.78, 5) is 4.71. The van der Waals surface area contributed by atoms with E-state index in [1.54, 1.807) is 11.3 Å². The molecule has 1 unspecified atom stereocenters. The normalized spacial score (nSPS) is 13.2. The van der Waals surface area contributed by atoms with E-state index in [1.165, 1.54) is 5.69 Å². The van der Waals surface area contributed by atoms with Gasteiger partial charge in [-0.1, -0.05) is 13.8 Å². The number of hydrogen-bond acceptors (Lipinski definition) is 4. The van der Waals surface area contributed by atoms with E-state index in [-0.39, 0.29) is 6.04 Å². The molecule has 0 aliphatic rings. The van der Waals surface area contributed by atoms with E-state index in [0.717, 1.165) is 28.5 Å². The van der Waals surface area contributed by atoms with Gasteiger partial charge in [-0.3, -0.25) is 4.68 Å².